The maximum absolute atomic E-state index is 11.8. The van der Waals surface area contributed by atoms with Gasteiger partial charge in [-0.3, -0.25) is 15.1 Å². The predicted molar refractivity (Wildman–Crippen MR) is 91.7 cm³/mol. The minimum atomic E-state index is -1.16. The van der Waals surface area contributed by atoms with Crippen molar-refractivity contribution in [2.24, 2.45) is 10.9 Å². The van der Waals surface area contributed by atoms with E-state index in [0.29, 0.717) is 11.6 Å². The lowest BCUT2D eigenvalue weighted by atomic mass is 9.76. The largest absolute Gasteiger partial charge is 0.292 e. The van der Waals surface area contributed by atoms with Crippen molar-refractivity contribution in [1.29, 1.82) is 0 Å². The second-order valence-corrected chi connectivity index (χ2v) is 6.86. The number of aliphatic imine (C=N–C) groups is 1. The molecule has 0 saturated carbocycles. The van der Waals surface area contributed by atoms with Gasteiger partial charge in [0.2, 0.25) is 0 Å². The minimum absolute atomic E-state index is 0.0576. The van der Waals surface area contributed by atoms with Gasteiger partial charge in [0.25, 0.3) is 4.87 Å². The summed E-state index contributed by atoms with van der Waals surface area (Å²) in [6.07, 6.45) is 10.8. The highest BCUT2D eigenvalue weighted by Gasteiger charge is 2.51. The van der Waals surface area contributed by atoms with Crippen LogP contribution in [0.25, 0.3) is 0 Å². The lowest BCUT2D eigenvalue weighted by Crippen LogP contribution is -2.44. The number of rotatable bonds is 3. The van der Waals surface area contributed by atoms with Crippen LogP contribution in [0.4, 0.5) is 0 Å². The Hall–Kier alpha value is -1.59. The fraction of sp³-hybridized carbons (Fsp3) is 0.312. The summed E-state index contributed by atoms with van der Waals surface area (Å²) in [6.45, 7) is 0.534. The van der Waals surface area contributed by atoms with Gasteiger partial charge in [-0.05, 0) is 29.5 Å². The summed E-state index contributed by atoms with van der Waals surface area (Å²) in [5.41, 5.74) is 2.02. The smallest absolute Gasteiger partial charge is 0.292 e. The first kappa shape index (κ1) is 15.3. The van der Waals surface area contributed by atoms with Gasteiger partial charge in [-0.25, -0.2) is 0 Å². The van der Waals surface area contributed by atoms with Gasteiger partial charge in [0.1, 0.15) is 0 Å². The third-order valence-corrected chi connectivity index (χ3v) is 5.72. The number of halogens is 1. The van der Waals surface area contributed by atoms with Crippen LogP contribution in [0.5, 0.6) is 0 Å². The van der Waals surface area contributed by atoms with Gasteiger partial charge in [-0.2, -0.15) is 0 Å². The van der Waals surface area contributed by atoms with Crippen molar-refractivity contribution < 1.29 is 4.92 Å². The Labute approximate surface area is 138 Å². The molecule has 1 aliphatic heterocycles. The van der Waals surface area contributed by atoms with Gasteiger partial charge < -0.3 is 0 Å². The molecule has 3 rings (SSSR count). The zero-order chi connectivity index (χ0) is 15.7. The highest BCUT2D eigenvalue weighted by Crippen LogP contribution is 2.46. The van der Waals surface area contributed by atoms with Gasteiger partial charge >= 0.3 is 0 Å². The Kier molecular flexibility index (Phi) is 4.10. The monoisotopic (exact) mass is 334 g/mol. The molecule has 0 N–H and O–H groups in total. The summed E-state index contributed by atoms with van der Waals surface area (Å²) < 4.78 is 0. The molecule has 1 aromatic rings. The standard InChI is InChI=1S/C16H15ClN2O2S/c1-22-16(19(20)21)7-3-2-4-15(16)14-10-18-9-11-5-6-12(17)8-13(11)14/h2-9,14-15H,10H2,1H3. The number of nitrogens with zero attached hydrogens (tertiary/aromatic N) is 2. The predicted octanol–water partition coefficient (Wildman–Crippen LogP) is 3.93. The van der Waals surface area contributed by atoms with Crippen LogP contribution in [-0.4, -0.2) is 28.8 Å². The topological polar surface area (TPSA) is 55.5 Å². The van der Waals surface area contributed by atoms with Gasteiger partial charge in [0, 0.05) is 34.7 Å². The molecular formula is C16H15ClN2O2S. The number of nitro groups is 1. The van der Waals surface area contributed by atoms with Crippen LogP contribution < -0.4 is 0 Å². The number of benzene rings is 1. The van der Waals surface area contributed by atoms with Crippen LogP contribution in [0.3, 0.4) is 0 Å². The Bertz CT molecular complexity index is 701. The Morgan fingerprint density at radius 2 is 2.27 bits per heavy atom. The fourth-order valence-electron chi connectivity index (χ4n) is 3.16. The lowest BCUT2D eigenvalue weighted by Gasteiger charge is -2.35. The van der Waals surface area contributed by atoms with Gasteiger partial charge in [-0.15, -0.1) is 0 Å². The first-order valence-corrected chi connectivity index (χ1v) is 8.53. The maximum atomic E-state index is 11.8. The van der Waals surface area contributed by atoms with E-state index >= 15 is 0 Å². The van der Waals surface area contributed by atoms with E-state index in [1.54, 1.807) is 18.4 Å². The van der Waals surface area contributed by atoms with Crippen molar-refractivity contribution in [2.75, 3.05) is 12.8 Å². The molecule has 0 fully saturated rings. The number of allylic oxidation sites excluding steroid dienone is 2. The molecule has 0 amide bonds. The molecule has 0 bridgehead atoms. The zero-order valence-electron chi connectivity index (χ0n) is 12.0. The van der Waals surface area contributed by atoms with Crippen molar-refractivity contribution in [3.63, 3.8) is 0 Å². The Balaban J connectivity index is 2.09. The zero-order valence-corrected chi connectivity index (χ0v) is 13.6. The number of fused-ring (bicyclic) bond motifs is 1. The molecule has 3 unspecified atom stereocenters. The molecule has 0 aromatic heterocycles. The van der Waals surface area contributed by atoms with Crippen LogP contribution in [-0.2, 0) is 0 Å². The third kappa shape index (κ3) is 2.38. The van der Waals surface area contributed by atoms with Gasteiger partial charge in [0.15, 0.2) is 0 Å². The van der Waals surface area contributed by atoms with E-state index < -0.39 is 4.87 Å². The van der Waals surface area contributed by atoms with Crippen molar-refractivity contribution in [2.45, 2.75) is 10.8 Å². The maximum Gasteiger partial charge on any atom is 0.292 e. The average molecular weight is 335 g/mol. The molecule has 0 spiro atoms. The molecule has 1 aromatic carbocycles. The van der Waals surface area contributed by atoms with Crippen molar-refractivity contribution in [3.05, 3.63) is 68.8 Å². The molecule has 1 aliphatic carbocycles. The Morgan fingerprint density at radius 3 is 3.00 bits per heavy atom. The summed E-state index contributed by atoms with van der Waals surface area (Å²) in [7, 11) is 0. The van der Waals surface area contributed by atoms with Gasteiger partial charge in [-0.1, -0.05) is 47.7 Å². The van der Waals surface area contributed by atoms with Crippen molar-refractivity contribution in [1.82, 2.24) is 0 Å². The van der Waals surface area contributed by atoms with Crippen molar-refractivity contribution in [3.8, 4) is 0 Å². The normalized spacial score (nSPS) is 29.4. The van der Waals surface area contributed by atoms with E-state index in [-0.39, 0.29) is 16.8 Å². The molecule has 114 valence electrons. The van der Waals surface area contributed by atoms with E-state index in [2.05, 4.69) is 4.99 Å². The number of hydrogen-bond acceptors (Lipinski definition) is 4. The molecule has 4 nitrogen and oxygen atoms in total. The van der Waals surface area contributed by atoms with Gasteiger partial charge in [0.05, 0.1) is 5.92 Å². The fourth-order valence-corrected chi connectivity index (χ4v) is 4.22. The number of thioether (sulfide) groups is 1. The summed E-state index contributed by atoms with van der Waals surface area (Å²) in [6, 6.07) is 5.65. The molecular weight excluding hydrogens is 320 g/mol. The summed E-state index contributed by atoms with van der Waals surface area (Å²) in [4.78, 5) is 14.8. The number of hydrogen-bond donors (Lipinski definition) is 0. The molecule has 6 heteroatoms. The molecule has 22 heavy (non-hydrogen) atoms. The quantitative estimate of drug-likeness (QED) is 0.478. The highest BCUT2D eigenvalue weighted by atomic mass is 35.5. The third-order valence-electron chi connectivity index (χ3n) is 4.27. The van der Waals surface area contributed by atoms with E-state index in [1.807, 2.05) is 36.6 Å². The van der Waals surface area contributed by atoms with Crippen LogP contribution in [0.2, 0.25) is 5.02 Å². The van der Waals surface area contributed by atoms with E-state index in [9.17, 15) is 10.1 Å². The minimum Gasteiger partial charge on any atom is -0.292 e. The molecule has 3 atom stereocenters. The van der Waals surface area contributed by atoms with E-state index in [1.165, 1.54) is 11.8 Å². The molecule has 1 heterocycles. The summed E-state index contributed by atoms with van der Waals surface area (Å²) in [5.74, 6) is -0.324. The SMILES string of the molecule is CSC1([N+](=O)[O-])C=CC=CC1C1CN=Cc2ccc(Cl)cc21. The molecule has 0 saturated heterocycles. The van der Waals surface area contributed by atoms with Crippen LogP contribution in [0, 0.1) is 16.0 Å². The summed E-state index contributed by atoms with van der Waals surface area (Å²) >= 11 is 7.39. The first-order valence-electron chi connectivity index (χ1n) is 6.93. The Morgan fingerprint density at radius 1 is 1.45 bits per heavy atom. The van der Waals surface area contributed by atoms with Crippen LogP contribution in [0.15, 0.2) is 47.5 Å². The van der Waals surface area contributed by atoms with E-state index in [4.69, 9.17) is 11.6 Å². The molecule has 2 aliphatic rings. The second kappa shape index (κ2) is 5.89. The van der Waals surface area contributed by atoms with E-state index in [0.717, 1.165) is 11.1 Å². The highest BCUT2D eigenvalue weighted by molar-refractivity contribution is 7.99. The first-order chi connectivity index (χ1) is 10.6. The second-order valence-electron chi connectivity index (χ2n) is 5.36. The summed E-state index contributed by atoms with van der Waals surface area (Å²) in [5, 5.41) is 12.4. The van der Waals surface area contributed by atoms with Crippen LogP contribution >= 0.6 is 23.4 Å². The van der Waals surface area contributed by atoms with Crippen LogP contribution in [0.1, 0.15) is 17.0 Å². The van der Waals surface area contributed by atoms with Crippen molar-refractivity contribution >= 4 is 29.6 Å². The lowest BCUT2D eigenvalue weighted by molar-refractivity contribution is -0.532. The average Bonchev–Trinajstić information content (AvgIpc) is 2.54. The molecule has 0 radical (unpaired) electrons.